The van der Waals surface area contributed by atoms with Crippen LogP contribution in [0.3, 0.4) is 0 Å². The number of piperidine rings is 1. The van der Waals surface area contributed by atoms with Crippen LogP contribution in [0.5, 0.6) is 0 Å². The van der Waals surface area contributed by atoms with E-state index in [1.807, 2.05) is 0 Å². The molecule has 20 heavy (non-hydrogen) atoms. The summed E-state index contributed by atoms with van der Waals surface area (Å²) in [6.45, 7) is 1.72. The fourth-order valence-corrected chi connectivity index (χ4v) is 2.45. The van der Waals surface area contributed by atoms with Crippen LogP contribution in [-0.4, -0.2) is 33.6 Å². The van der Waals surface area contributed by atoms with E-state index in [9.17, 15) is 9.90 Å². The summed E-state index contributed by atoms with van der Waals surface area (Å²) in [6.07, 6.45) is 2.80. The molecule has 0 spiro atoms. The lowest BCUT2D eigenvalue weighted by Gasteiger charge is -2.32. The lowest BCUT2D eigenvalue weighted by atomic mass is 9.92. The van der Waals surface area contributed by atoms with Gasteiger partial charge < -0.3 is 14.8 Å². The molecule has 0 aliphatic carbocycles. The minimum atomic E-state index is -0.871. The van der Waals surface area contributed by atoms with Crippen LogP contribution in [0, 0.1) is 0 Å². The van der Waals surface area contributed by atoms with Crippen LogP contribution < -0.4 is 10.9 Å². The van der Waals surface area contributed by atoms with E-state index < -0.39 is 5.60 Å². The minimum Gasteiger partial charge on any atom is -0.463 e. The molecule has 2 aromatic heterocycles. The van der Waals surface area contributed by atoms with E-state index in [1.165, 1.54) is 10.7 Å². The predicted molar refractivity (Wildman–Crippen MR) is 73.3 cm³/mol. The lowest BCUT2D eigenvalue weighted by Crippen LogP contribution is -2.46. The average Bonchev–Trinajstić information content (AvgIpc) is 2.96. The standard InChI is InChI=1S/C14H17N3O3/c18-13-4-3-11(12-2-1-9-20-12)16-17(13)10-14(19)5-7-15-8-6-14/h1-4,9,15,19H,5-8,10H2. The zero-order valence-electron chi connectivity index (χ0n) is 11.1. The number of hydrogen-bond acceptors (Lipinski definition) is 5. The highest BCUT2D eigenvalue weighted by Crippen LogP contribution is 2.20. The monoisotopic (exact) mass is 275 g/mol. The zero-order valence-corrected chi connectivity index (χ0v) is 11.1. The molecule has 2 aromatic rings. The molecule has 106 valence electrons. The van der Waals surface area contributed by atoms with Crippen molar-refractivity contribution in [3.05, 3.63) is 40.9 Å². The zero-order chi connectivity index (χ0) is 14.0. The van der Waals surface area contributed by atoms with Crippen LogP contribution in [0.1, 0.15) is 12.8 Å². The second kappa shape index (κ2) is 5.22. The Balaban J connectivity index is 1.89. The molecule has 0 bridgehead atoms. The van der Waals surface area contributed by atoms with Gasteiger partial charge in [0.1, 0.15) is 5.69 Å². The third-order valence-electron chi connectivity index (χ3n) is 3.62. The van der Waals surface area contributed by atoms with Crippen LogP contribution in [-0.2, 0) is 6.54 Å². The predicted octanol–water partition coefficient (Wildman–Crippen LogP) is 0.618. The Morgan fingerprint density at radius 1 is 1.35 bits per heavy atom. The van der Waals surface area contributed by atoms with Gasteiger partial charge >= 0.3 is 0 Å². The molecule has 1 aliphatic rings. The van der Waals surface area contributed by atoms with Gasteiger partial charge in [0.25, 0.3) is 5.56 Å². The van der Waals surface area contributed by atoms with Gasteiger partial charge in [0.15, 0.2) is 5.76 Å². The highest BCUT2D eigenvalue weighted by Gasteiger charge is 2.30. The summed E-state index contributed by atoms with van der Waals surface area (Å²) in [4.78, 5) is 11.9. The van der Waals surface area contributed by atoms with Gasteiger partial charge in [0.2, 0.25) is 0 Å². The number of furan rings is 1. The number of hydrogen-bond donors (Lipinski definition) is 2. The summed E-state index contributed by atoms with van der Waals surface area (Å²) < 4.78 is 6.60. The molecule has 2 N–H and O–H groups in total. The number of nitrogens with zero attached hydrogens (tertiary/aromatic N) is 2. The Labute approximate surface area is 116 Å². The largest absolute Gasteiger partial charge is 0.463 e. The van der Waals surface area contributed by atoms with E-state index in [0.717, 1.165) is 13.1 Å². The Hall–Kier alpha value is -1.92. The lowest BCUT2D eigenvalue weighted by molar-refractivity contribution is -0.00936. The Kier molecular flexibility index (Phi) is 3.42. The average molecular weight is 275 g/mol. The molecular weight excluding hydrogens is 258 g/mol. The van der Waals surface area contributed by atoms with Crippen LogP contribution in [0.25, 0.3) is 11.5 Å². The second-order valence-corrected chi connectivity index (χ2v) is 5.17. The Morgan fingerprint density at radius 2 is 2.15 bits per heavy atom. The quantitative estimate of drug-likeness (QED) is 0.858. The Morgan fingerprint density at radius 3 is 2.85 bits per heavy atom. The molecular formula is C14H17N3O3. The normalized spacial score (nSPS) is 18.1. The summed E-state index contributed by atoms with van der Waals surface area (Å²) in [6, 6.07) is 6.64. The van der Waals surface area contributed by atoms with Crippen molar-refractivity contribution in [2.75, 3.05) is 13.1 Å². The molecule has 0 radical (unpaired) electrons. The van der Waals surface area contributed by atoms with Crippen molar-refractivity contribution in [3.8, 4) is 11.5 Å². The van der Waals surface area contributed by atoms with Gasteiger partial charge in [-0.3, -0.25) is 4.79 Å². The summed E-state index contributed by atoms with van der Waals surface area (Å²) in [5.41, 5.74) is -0.497. The van der Waals surface area contributed by atoms with Gasteiger partial charge in [-0.25, -0.2) is 4.68 Å². The van der Waals surface area contributed by atoms with Crippen molar-refractivity contribution in [2.45, 2.75) is 25.0 Å². The van der Waals surface area contributed by atoms with Gasteiger partial charge in [-0.1, -0.05) is 0 Å². The summed E-state index contributed by atoms with van der Waals surface area (Å²) in [7, 11) is 0. The second-order valence-electron chi connectivity index (χ2n) is 5.17. The van der Waals surface area contributed by atoms with E-state index in [0.29, 0.717) is 24.3 Å². The minimum absolute atomic E-state index is 0.210. The maximum Gasteiger partial charge on any atom is 0.266 e. The number of nitrogens with one attached hydrogen (secondary N) is 1. The molecule has 3 rings (SSSR count). The van der Waals surface area contributed by atoms with Crippen molar-refractivity contribution in [3.63, 3.8) is 0 Å². The van der Waals surface area contributed by atoms with Crippen molar-refractivity contribution in [2.24, 2.45) is 0 Å². The summed E-state index contributed by atoms with van der Waals surface area (Å²) in [5.74, 6) is 0.607. The SMILES string of the molecule is O=c1ccc(-c2ccco2)nn1CC1(O)CCNCC1. The molecule has 3 heterocycles. The van der Waals surface area contributed by atoms with E-state index in [4.69, 9.17) is 4.42 Å². The van der Waals surface area contributed by atoms with Crippen molar-refractivity contribution in [1.29, 1.82) is 0 Å². The molecule has 0 aromatic carbocycles. The molecule has 6 heteroatoms. The van der Waals surface area contributed by atoms with Gasteiger partial charge in [0, 0.05) is 6.07 Å². The van der Waals surface area contributed by atoms with E-state index in [2.05, 4.69) is 10.4 Å². The van der Waals surface area contributed by atoms with Gasteiger partial charge in [-0.15, -0.1) is 0 Å². The first-order valence-electron chi connectivity index (χ1n) is 6.71. The van der Waals surface area contributed by atoms with E-state index >= 15 is 0 Å². The highest BCUT2D eigenvalue weighted by atomic mass is 16.3. The number of aromatic nitrogens is 2. The van der Waals surface area contributed by atoms with Crippen molar-refractivity contribution < 1.29 is 9.52 Å². The number of aliphatic hydroxyl groups is 1. The van der Waals surface area contributed by atoms with Crippen LogP contribution in [0.2, 0.25) is 0 Å². The van der Waals surface area contributed by atoms with Crippen LogP contribution in [0.4, 0.5) is 0 Å². The first kappa shape index (κ1) is 13.1. The maximum absolute atomic E-state index is 11.9. The van der Waals surface area contributed by atoms with Gasteiger partial charge in [-0.05, 0) is 44.1 Å². The molecule has 0 amide bonds. The highest BCUT2D eigenvalue weighted by molar-refractivity contribution is 5.50. The number of rotatable bonds is 3. The first-order valence-corrected chi connectivity index (χ1v) is 6.71. The van der Waals surface area contributed by atoms with Crippen molar-refractivity contribution >= 4 is 0 Å². The summed E-state index contributed by atoms with van der Waals surface area (Å²) in [5, 5.41) is 18.0. The topological polar surface area (TPSA) is 80.3 Å². The maximum atomic E-state index is 11.9. The fraction of sp³-hybridized carbons (Fsp3) is 0.429. The van der Waals surface area contributed by atoms with E-state index in [1.54, 1.807) is 24.5 Å². The molecule has 6 nitrogen and oxygen atoms in total. The smallest absolute Gasteiger partial charge is 0.266 e. The summed E-state index contributed by atoms with van der Waals surface area (Å²) >= 11 is 0. The molecule has 1 fully saturated rings. The molecule has 0 unspecified atom stereocenters. The van der Waals surface area contributed by atoms with Gasteiger partial charge in [-0.2, -0.15) is 5.10 Å². The third-order valence-corrected chi connectivity index (χ3v) is 3.62. The third kappa shape index (κ3) is 2.66. The molecule has 0 atom stereocenters. The van der Waals surface area contributed by atoms with Crippen LogP contribution in [0.15, 0.2) is 39.7 Å². The first-order chi connectivity index (χ1) is 9.66. The fourth-order valence-electron chi connectivity index (χ4n) is 2.45. The van der Waals surface area contributed by atoms with Crippen molar-refractivity contribution in [1.82, 2.24) is 15.1 Å². The molecule has 1 aliphatic heterocycles. The molecule has 0 saturated carbocycles. The van der Waals surface area contributed by atoms with Gasteiger partial charge in [0.05, 0.1) is 18.4 Å². The molecule has 1 saturated heterocycles. The van der Waals surface area contributed by atoms with E-state index in [-0.39, 0.29) is 12.1 Å². The Bertz CT molecular complexity index is 627. The van der Waals surface area contributed by atoms with Crippen LogP contribution >= 0.6 is 0 Å².